The van der Waals surface area contributed by atoms with E-state index in [0.29, 0.717) is 0 Å². The third-order valence-electron chi connectivity index (χ3n) is 4.22. The normalized spacial score (nSPS) is 55.1. The Bertz CT molecular complexity index is 255. The lowest BCUT2D eigenvalue weighted by molar-refractivity contribution is 0.499. The Morgan fingerprint density at radius 2 is 2.29 bits per heavy atom. The van der Waals surface area contributed by atoms with E-state index in [9.17, 15) is 0 Å². The first kappa shape index (κ1) is 9.29. The average molecular weight is 211 g/mol. The maximum Gasteiger partial charge on any atom is 0.00512 e. The lowest BCUT2D eigenvalue weighted by Crippen LogP contribution is -2.24. The zero-order valence-electron chi connectivity index (χ0n) is 9.04. The topological polar surface area (TPSA) is 12.0 Å². The van der Waals surface area contributed by atoms with Gasteiger partial charge in [-0.2, -0.15) is 10.2 Å². The standard InChI is InChI=1S/C12H21NS/c1-14(6-2-5-13-14)9-12-8-10-3-4-11(12)7-10/h3-4,10-13H,2,5-9H2,1H3. The number of nitrogens with one attached hydrogen (secondary N) is 1. The minimum Gasteiger partial charge on any atom is -0.281 e. The Morgan fingerprint density at radius 3 is 2.86 bits per heavy atom. The molecule has 4 atom stereocenters. The van der Waals surface area contributed by atoms with Crippen LogP contribution in [0.2, 0.25) is 0 Å². The van der Waals surface area contributed by atoms with Crippen LogP contribution < -0.4 is 4.72 Å². The number of rotatable bonds is 2. The maximum atomic E-state index is 3.78. The van der Waals surface area contributed by atoms with E-state index in [4.69, 9.17) is 0 Å². The Kier molecular flexibility index (Phi) is 2.17. The highest BCUT2D eigenvalue weighted by atomic mass is 32.3. The van der Waals surface area contributed by atoms with Gasteiger partial charge in [-0.25, -0.2) is 0 Å². The molecule has 0 aromatic carbocycles. The van der Waals surface area contributed by atoms with Crippen LogP contribution in [0.3, 0.4) is 0 Å². The first-order valence-corrected chi connectivity index (χ1v) is 8.30. The van der Waals surface area contributed by atoms with Gasteiger partial charge in [0.2, 0.25) is 0 Å². The van der Waals surface area contributed by atoms with Gasteiger partial charge in [0, 0.05) is 6.54 Å². The predicted octanol–water partition coefficient (Wildman–Crippen LogP) is 2.54. The molecule has 80 valence electrons. The van der Waals surface area contributed by atoms with Gasteiger partial charge in [0.05, 0.1) is 0 Å². The number of hydrogen-bond acceptors (Lipinski definition) is 1. The predicted molar refractivity (Wildman–Crippen MR) is 64.7 cm³/mol. The Balaban J connectivity index is 1.65. The van der Waals surface area contributed by atoms with Crippen LogP contribution >= 0.6 is 10.2 Å². The molecule has 1 heterocycles. The van der Waals surface area contributed by atoms with Crippen molar-refractivity contribution in [2.45, 2.75) is 19.3 Å². The van der Waals surface area contributed by atoms with Gasteiger partial charge in [0.1, 0.15) is 0 Å². The third kappa shape index (κ3) is 1.53. The van der Waals surface area contributed by atoms with Gasteiger partial charge in [0.25, 0.3) is 0 Å². The van der Waals surface area contributed by atoms with Crippen molar-refractivity contribution in [3.05, 3.63) is 12.2 Å². The van der Waals surface area contributed by atoms with E-state index in [1.807, 2.05) is 0 Å². The van der Waals surface area contributed by atoms with E-state index in [2.05, 4.69) is 23.1 Å². The first-order valence-electron chi connectivity index (χ1n) is 5.92. The van der Waals surface area contributed by atoms with E-state index in [0.717, 1.165) is 17.8 Å². The summed E-state index contributed by atoms with van der Waals surface area (Å²) in [5.74, 6) is 5.90. The fraction of sp³-hybridized carbons (Fsp3) is 0.833. The summed E-state index contributed by atoms with van der Waals surface area (Å²) < 4.78 is 3.78. The van der Waals surface area contributed by atoms with E-state index >= 15 is 0 Å². The highest BCUT2D eigenvalue weighted by Crippen LogP contribution is 2.52. The molecule has 0 aromatic rings. The van der Waals surface area contributed by atoms with Crippen LogP contribution in [0.1, 0.15) is 19.3 Å². The lowest BCUT2D eigenvalue weighted by atomic mass is 9.96. The summed E-state index contributed by atoms with van der Waals surface area (Å²) in [7, 11) is -0.394. The summed E-state index contributed by atoms with van der Waals surface area (Å²) >= 11 is 0. The fourth-order valence-electron chi connectivity index (χ4n) is 3.48. The molecular formula is C12H21NS. The molecule has 0 spiro atoms. The highest BCUT2D eigenvalue weighted by Gasteiger charge is 2.38. The molecule has 2 bridgehead atoms. The molecule has 2 heteroatoms. The van der Waals surface area contributed by atoms with Gasteiger partial charge in [-0.1, -0.05) is 12.2 Å². The largest absolute Gasteiger partial charge is 0.281 e. The summed E-state index contributed by atoms with van der Waals surface area (Å²) in [5.41, 5.74) is 0. The van der Waals surface area contributed by atoms with Gasteiger partial charge in [-0.15, -0.1) is 0 Å². The number of fused-ring (bicyclic) bond motifs is 2. The molecule has 0 aromatic heterocycles. The van der Waals surface area contributed by atoms with Crippen molar-refractivity contribution < 1.29 is 0 Å². The van der Waals surface area contributed by atoms with Gasteiger partial charge < -0.3 is 0 Å². The van der Waals surface area contributed by atoms with Crippen LogP contribution in [0.4, 0.5) is 0 Å². The molecule has 14 heavy (non-hydrogen) atoms. The second kappa shape index (κ2) is 3.28. The quantitative estimate of drug-likeness (QED) is 0.692. The lowest BCUT2D eigenvalue weighted by Gasteiger charge is -2.35. The molecule has 2 fully saturated rings. The summed E-state index contributed by atoms with van der Waals surface area (Å²) in [6.45, 7) is 1.28. The number of hydrogen-bond donors (Lipinski definition) is 1. The van der Waals surface area contributed by atoms with Crippen LogP contribution in [0.5, 0.6) is 0 Å². The zero-order valence-corrected chi connectivity index (χ0v) is 9.85. The molecule has 1 aliphatic heterocycles. The summed E-state index contributed by atoms with van der Waals surface area (Å²) in [5, 5.41) is 0. The fourth-order valence-corrected chi connectivity index (χ4v) is 6.66. The van der Waals surface area contributed by atoms with Crippen molar-refractivity contribution in [1.29, 1.82) is 0 Å². The molecule has 0 radical (unpaired) electrons. The van der Waals surface area contributed by atoms with Gasteiger partial charge in [-0.3, -0.25) is 4.72 Å². The molecular weight excluding hydrogens is 190 g/mol. The Morgan fingerprint density at radius 1 is 1.36 bits per heavy atom. The Labute approximate surface area is 88.8 Å². The molecule has 3 aliphatic rings. The zero-order chi connectivity index (χ0) is 9.60. The van der Waals surface area contributed by atoms with Crippen LogP contribution in [0.15, 0.2) is 12.2 Å². The van der Waals surface area contributed by atoms with Crippen molar-refractivity contribution >= 4 is 10.2 Å². The summed E-state index contributed by atoms with van der Waals surface area (Å²) in [6, 6.07) is 0. The van der Waals surface area contributed by atoms with Gasteiger partial charge in [0.15, 0.2) is 0 Å². The van der Waals surface area contributed by atoms with E-state index < -0.39 is 10.2 Å². The molecule has 4 unspecified atom stereocenters. The molecule has 1 nitrogen and oxygen atoms in total. The van der Waals surface area contributed by atoms with E-state index in [1.165, 1.54) is 37.3 Å². The van der Waals surface area contributed by atoms with Crippen LogP contribution in [0.25, 0.3) is 0 Å². The third-order valence-corrected chi connectivity index (χ3v) is 7.48. The molecule has 1 saturated heterocycles. The summed E-state index contributed by atoms with van der Waals surface area (Å²) in [6.07, 6.45) is 11.8. The van der Waals surface area contributed by atoms with Crippen molar-refractivity contribution in [3.63, 3.8) is 0 Å². The first-order chi connectivity index (χ1) is 6.75. The molecule has 3 rings (SSSR count). The Hall–Kier alpha value is 0.0500. The molecule has 1 saturated carbocycles. The highest BCUT2D eigenvalue weighted by molar-refractivity contribution is 8.31. The van der Waals surface area contributed by atoms with Crippen molar-refractivity contribution in [2.75, 3.05) is 24.3 Å². The van der Waals surface area contributed by atoms with E-state index in [1.54, 1.807) is 0 Å². The van der Waals surface area contributed by atoms with Gasteiger partial charge in [-0.05, 0) is 54.8 Å². The average Bonchev–Trinajstić information content (AvgIpc) is 2.80. The van der Waals surface area contributed by atoms with Crippen LogP contribution in [-0.4, -0.2) is 24.3 Å². The van der Waals surface area contributed by atoms with Gasteiger partial charge >= 0.3 is 0 Å². The van der Waals surface area contributed by atoms with Crippen molar-refractivity contribution in [1.82, 2.24) is 4.72 Å². The smallest absolute Gasteiger partial charge is 0.00512 e. The monoisotopic (exact) mass is 211 g/mol. The minimum atomic E-state index is -0.394. The minimum absolute atomic E-state index is 0.394. The maximum absolute atomic E-state index is 3.78. The summed E-state index contributed by atoms with van der Waals surface area (Å²) in [4.78, 5) is 0. The number of allylic oxidation sites excluding steroid dienone is 2. The SMILES string of the molecule is CS1(CC2CC3C=CC2C3)CCCN1. The van der Waals surface area contributed by atoms with Crippen molar-refractivity contribution in [2.24, 2.45) is 17.8 Å². The van der Waals surface area contributed by atoms with Crippen LogP contribution in [0, 0.1) is 17.8 Å². The molecule has 2 aliphatic carbocycles. The second-order valence-corrected chi connectivity index (χ2v) is 9.01. The van der Waals surface area contributed by atoms with Crippen LogP contribution in [-0.2, 0) is 0 Å². The van der Waals surface area contributed by atoms with Crippen molar-refractivity contribution in [3.8, 4) is 0 Å². The van der Waals surface area contributed by atoms with E-state index in [-0.39, 0.29) is 0 Å². The molecule has 1 N–H and O–H groups in total. The second-order valence-electron chi connectivity index (χ2n) is 5.43. The molecule has 0 amide bonds.